The van der Waals surface area contributed by atoms with Gasteiger partial charge in [-0.15, -0.1) is 0 Å². The van der Waals surface area contributed by atoms with Gasteiger partial charge in [0.25, 0.3) is 5.91 Å². The molecule has 0 saturated heterocycles. The lowest BCUT2D eigenvalue weighted by Crippen LogP contribution is -2.12. The van der Waals surface area contributed by atoms with Gasteiger partial charge in [-0.1, -0.05) is 23.2 Å². The van der Waals surface area contributed by atoms with E-state index in [-0.39, 0.29) is 16.7 Å². The molecule has 0 fully saturated rings. The number of amides is 1. The summed E-state index contributed by atoms with van der Waals surface area (Å²) in [5.74, 6) is -0.356. The maximum Gasteiger partial charge on any atom is 0.257 e. The standard InChI is InChI=1S/C15H11Cl2NO2/c1-9(19)10-2-5-12(6-3-10)18-15(20)13-7-4-11(16)8-14(13)17/h2-8H,1H3,(H,18,20). The van der Waals surface area contributed by atoms with Crippen molar-refractivity contribution in [1.29, 1.82) is 0 Å². The summed E-state index contributed by atoms with van der Waals surface area (Å²) in [5.41, 5.74) is 1.52. The molecule has 20 heavy (non-hydrogen) atoms. The molecule has 0 spiro atoms. The van der Waals surface area contributed by atoms with Gasteiger partial charge in [-0.2, -0.15) is 0 Å². The Morgan fingerprint density at radius 3 is 2.20 bits per heavy atom. The highest BCUT2D eigenvalue weighted by Gasteiger charge is 2.11. The van der Waals surface area contributed by atoms with Gasteiger partial charge in [0.1, 0.15) is 0 Å². The molecule has 0 aliphatic rings. The molecule has 0 aliphatic heterocycles. The number of Topliss-reactive ketones (excluding diaryl/α,β-unsaturated/α-hetero) is 1. The molecule has 0 bridgehead atoms. The van der Waals surface area contributed by atoms with Gasteiger partial charge in [0.05, 0.1) is 10.6 Å². The largest absolute Gasteiger partial charge is 0.322 e. The summed E-state index contributed by atoms with van der Waals surface area (Å²) >= 11 is 11.7. The van der Waals surface area contributed by atoms with Crippen LogP contribution in [0.25, 0.3) is 0 Å². The van der Waals surface area contributed by atoms with Crippen LogP contribution in [0.5, 0.6) is 0 Å². The van der Waals surface area contributed by atoms with E-state index in [1.807, 2.05) is 0 Å². The predicted molar refractivity (Wildman–Crippen MR) is 80.9 cm³/mol. The van der Waals surface area contributed by atoms with Crippen molar-refractivity contribution in [3.05, 3.63) is 63.6 Å². The van der Waals surface area contributed by atoms with Gasteiger partial charge in [-0.25, -0.2) is 0 Å². The third-order valence-electron chi connectivity index (χ3n) is 2.73. The molecule has 0 unspecified atom stereocenters. The highest BCUT2D eigenvalue weighted by Crippen LogP contribution is 2.22. The van der Waals surface area contributed by atoms with Crippen LogP contribution in [-0.2, 0) is 0 Å². The fourth-order valence-electron chi connectivity index (χ4n) is 1.66. The van der Waals surface area contributed by atoms with Gasteiger partial charge in [0.2, 0.25) is 0 Å². The minimum atomic E-state index is -0.331. The molecule has 3 nitrogen and oxygen atoms in total. The average molecular weight is 308 g/mol. The van der Waals surface area contributed by atoms with Crippen molar-refractivity contribution in [1.82, 2.24) is 0 Å². The van der Waals surface area contributed by atoms with E-state index in [4.69, 9.17) is 23.2 Å². The van der Waals surface area contributed by atoms with Gasteiger partial charge in [-0.05, 0) is 49.4 Å². The normalized spacial score (nSPS) is 10.2. The van der Waals surface area contributed by atoms with Crippen molar-refractivity contribution in [3.63, 3.8) is 0 Å². The van der Waals surface area contributed by atoms with Gasteiger partial charge < -0.3 is 5.32 Å². The highest BCUT2D eigenvalue weighted by atomic mass is 35.5. The van der Waals surface area contributed by atoms with Crippen molar-refractivity contribution < 1.29 is 9.59 Å². The number of rotatable bonds is 3. The maximum absolute atomic E-state index is 12.1. The smallest absolute Gasteiger partial charge is 0.257 e. The predicted octanol–water partition coefficient (Wildman–Crippen LogP) is 4.45. The first kappa shape index (κ1) is 14.6. The Labute approximate surface area is 126 Å². The van der Waals surface area contributed by atoms with Crippen LogP contribution in [0.1, 0.15) is 27.6 Å². The zero-order chi connectivity index (χ0) is 14.7. The molecule has 2 aromatic rings. The van der Waals surface area contributed by atoms with E-state index >= 15 is 0 Å². The number of halogens is 2. The molecule has 0 aliphatic carbocycles. The molecule has 1 N–H and O–H groups in total. The number of carbonyl (C=O) groups excluding carboxylic acids is 2. The molecule has 0 atom stereocenters. The summed E-state index contributed by atoms with van der Waals surface area (Å²) in [5, 5.41) is 3.46. The van der Waals surface area contributed by atoms with E-state index in [1.165, 1.54) is 13.0 Å². The molecule has 102 valence electrons. The molecule has 0 saturated carbocycles. The summed E-state index contributed by atoms with van der Waals surface area (Å²) in [6, 6.07) is 11.3. The van der Waals surface area contributed by atoms with Crippen molar-refractivity contribution in [2.45, 2.75) is 6.92 Å². The maximum atomic E-state index is 12.1. The summed E-state index contributed by atoms with van der Waals surface area (Å²) in [6.45, 7) is 1.49. The third kappa shape index (κ3) is 3.38. The van der Waals surface area contributed by atoms with Gasteiger partial charge in [-0.3, -0.25) is 9.59 Å². The second-order valence-corrected chi connectivity index (χ2v) is 5.06. The zero-order valence-corrected chi connectivity index (χ0v) is 12.1. The molecular formula is C15H11Cl2NO2. The van der Waals surface area contributed by atoms with E-state index in [0.717, 1.165) is 0 Å². The van der Waals surface area contributed by atoms with Crippen molar-refractivity contribution >= 4 is 40.6 Å². The molecule has 1 amide bonds. The number of nitrogens with one attached hydrogen (secondary N) is 1. The number of ketones is 1. The van der Waals surface area contributed by atoms with Crippen molar-refractivity contribution in [2.24, 2.45) is 0 Å². The van der Waals surface area contributed by atoms with Crippen LogP contribution in [0.3, 0.4) is 0 Å². The number of hydrogen-bond acceptors (Lipinski definition) is 2. The van der Waals surface area contributed by atoms with E-state index in [9.17, 15) is 9.59 Å². The minimum absolute atomic E-state index is 0.0244. The summed E-state index contributed by atoms with van der Waals surface area (Å²) in [4.78, 5) is 23.2. The fourth-order valence-corrected chi connectivity index (χ4v) is 2.15. The molecule has 0 aromatic heterocycles. The van der Waals surface area contributed by atoms with Gasteiger partial charge >= 0.3 is 0 Å². The lowest BCUT2D eigenvalue weighted by atomic mass is 10.1. The first-order valence-electron chi connectivity index (χ1n) is 5.85. The average Bonchev–Trinajstić information content (AvgIpc) is 2.39. The van der Waals surface area contributed by atoms with Crippen LogP contribution in [0, 0.1) is 0 Å². The molecule has 5 heteroatoms. The Hall–Kier alpha value is -1.84. The fraction of sp³-hybridized carbons (Fsp3) is 0.0667. The van der Waals surface area contributed by atoms with Crippen LogP contribution < -0.4 is 5.32 Å². The second kappa shape index (κ2) is 6.07. The lowest BCUT2D eigenvalue weighted by molar-refractivity contribution is 0.101. The van der Waals surface area contributed by atoms with Crippen LogP contribution in [-0.4, -0.2) is 11.7 Å². The van der Waals surface area contributed by atoms with E-state index < -0.39 is 0 Å². The van der Waals surface area contributed by atoms with Gasteiger partial charge in [0, 0.05) is 16.3 Å². The van der Waals surface area contributed by atoms with Crippen LogP contribution >= 0.6 is 23.2 Å². The van der Waals surface area contributed by atoms with Gasteiger partial charge in [0.15, 0.2) is 5.78 Å². The van der Waals surface area contributed by atoms with Crippen LogP contribution in [0.2, 0.25) is 10.0 Å². The van der Waals surface area contributed by atoms with Crippen LogP contribution in [0.15, 0.2) is 42.5 Å². The molecule has 0 radical (unpaired) electrons. The Balaban J connectivity index is 2.17. The third-order valence-corrected chi connectivity index (χ3v) is 3.27. The molecular weight excluding hydrogens is 297 g/mol. The number of carbonyl (C=O) groups is 2. The summed E-state index contributed by atoms with van der Waals surface area (Å²) in [7, 11) is 0. The van der Waals surface area contributed by atoms with E-state index in [2.05, 4.69) is 5.32 Å². The van der Waals surface area contributed by atoms with Crippen molar-refractivity contribution in [3.8, 4) is 0 Å². The van der Waals surface area contributed by atoms with E-state index in [1.54, 1.807) is 36.4 Å². The summed E-state index contributed by atoms with van der Waals surface area (Å²) < 4.78 is 0. The lowest BCUT2D eigenvalue weighted by Gasteiger charge is -2.07. The monoisotopic (exact) mass is 307 g/mol. The summed E-state index contributed by atoms with van der Waals surface area (Å²) in [6.07, 6.45) is 0. The molecule has 0 heterocycles. The van der Waals surface area contributed by atoms with Crippen molar-refractivity contribution in [2.75, 3.05) is 5.32 Å². The quantitative estimate of drug-likeness (QED) is 0.852. The van der Waals surface area contributed by atoms with E-state index in [0.29, 0.717) is 21.8 Å². The number of anilines is 1. The SMILES string of the molecule is CC(=O)c1ccc(NC(=O)c2ccc(Cl)cc2Cl)cc1. The number of benzene rings is 2. The highest BCUT2D eigenvalue weighted by molar-refractivity contribution is 6.37. The zero-order valence-electron chi connectivity index (χ0n) is 10.6. The number of hydrogen-bond donors (Lipinski definition) is 1. The Kier molecular flexibility index (Phi) is 4.42. The first-order valence-corrected chi connectivity index (χ1v) is 6.60. The molecule has 2 aromatic carbocycles. The Bertz CT molecular complexity index is 666. The van der Waals surface area contributed by atoms with Crippen LogP contribution in [0.4, 0.5) is 5.69 Å². The Morgan fingerprint density at radius 1 is 1.00 bits per heavy atom. The first-order chi connectivity index (χ1) is 9.47. The minimum Gasteiger partial charge on any atom is -0.322 e. The topological polar surface area (TPSA) is 46.2 Å². The second-order valence-electron chi connectivity index (χ2n) is 4.21. The Morgan fingerprint density at radius 2 is 1.65 bits per heavy atom. The molecule has 2 rings (SSSR count).